The van der Waals surface area contributed by atoms with Crippen LogP contribution in [-0.2, 0) is 4.79 Å². The predicted molar refractivity (Wildman–Crippen MR) is 113 cm³/mol. The molecule has 29 heavy (non-hydrogen) atoms. The minimum absolute atomic E-state index is 0.200. The van der Waals surface area contributed by atoms with E-state index in [2.05, 4.69) is 24.4 Å². The Bertz CT molecular complexity index is 1080. The topological polar surface area (TPSA) is 80.9 Å². The molecule has 6 nitrogen and oxygen atoms in total. The molecule has 0 bridgehead atoms. The standard InChI is InChI=1S/C23H24N2O4/c1-15(2)11-20(17-7-5-4-6-8-17)24-25-22(26)14-28-18-9-10-19-16(3)12-23(27)29-21(19)13-18/h4-10,12-13,15H,11,14H2,1-3H3,(H,25,26)/b24-20-. The number of hydrogen-bond donors (Lipinski definition) is 1. The molecule has 1 N–H and O–H groups in total. The number of hydrogen-bond acceptors (Lipinski definition) is 5. The Morgan fingerprint density at radius 1 is 1.14 bits per heavy atom. The van der Waals surface area contributed by atoms with Crippen LogP contribution in [0.15, 0.2) is 68.9 Å². The summed E-state index contributed by atoms with van der Waals surface area (Å²) in [5.74, 6) is 0.474. The highest BCUT2D eigenvalue weighted by molar-refractivity contribution is 6.01. The van der Waals surface area contributed by atoms with E-state index in [4.69, 9.17) is 9.15 Å². The molecule has 0 spiro atoms. The number of fused-ring (bicyclic) bond motifs is 1. The molecule has 0 radical (unpaired) electrons. The summed E-state index contributed by atoms with van der Waals surface area (Å²) in [5, 5.41) is 5.12. The number of rotatable bonds is 7. The number of nitrogens with one attached hydrogen (secondary N) is 1. The molecular formula is C23H24N2O4. The highest BCUT2D eigenvalue weighted by atomic mass is 16.5. The normalized spacial score (nSPS) is 11.7. The maximum Gasteiger partial charge on any atom is 0.336 e. The monoisotopic (exact) mass is 392 g/mol. The van der Waals surface area contributed by atoms with Gasteiger partial charge in [0.05, 0.1) is 5.71 Å². The first kappa shape index (κ1) is 20.3. The van der Waals surface area contributed by atoms with Crippen molar-refractivity contribution in [1.82, 2.24) is 5.43 Å². The largest absolute Gasteiger partial charge is 0.484 e. The van der Waals surface area contributed by atoms with Gasteiger partial charge in [-0.1, -0.05) is 44.2 Å². The van der Waals surface area contributed by atoms with Gasteiger partial charge in [-0.15, -0.1) is 0 Å². The summed E-state index contributed by atoms with van der Waals surface area (Å²) >= 11 is 0. The summed E-state index contributed by atoms with van der Waals surface area (Å²) in [4.78, 5) is 23.7. The van der Waals surface area contributed by atoms with Gasteiger partial charge in [-0.3, -0.25) is 4.79 Å². The number of carbonyl (C=O) groups is 1. The van der Waals surface area contributed by atoms with Crippen molar-refractivity contribution in [1.29, 1.82) is 0 Å². The van der Waals surface area contributed by atoms with E-state index < -0.39 is 5.63 Å². The van der Waals surface area contributed by atoms with Gasteiger partial charge in [0, 0.05) is 17.5 Å². The van der Waals surface area contributed by atoms with Crippen LogP contribution in [0.2, 0.25) is 0 Å². The van der Waals surface area contributed by atoms with Crippen LogP contribution in [0.4, 0.5) is 0 Å². The molecule has 0 atom stereocenters. The van der Waals surface area contributed by atoms with E-state index in [1.165, 1.54) is 6.07 Å². The fourth-order valence-electron chi connectivity index (χ4n) is 2.95. The Morgan fingerprint density at radius 3 is 2.62 bits per heavy atom. The summed E-state index contributed by atoms with van der Waals surface area (Å²) in [6, 6.07) is 16.3. The van der Waals surface area contributed by atoms with E-state index in [1.807, 2.05) is 37.3 Å². The Kier molecular flexibility index (Phi) is 6.44. The number of carbonyl (C=O) groups excluding carboxylic acids is 1. The van der Waals surface area contributed by atoms with Gasteiger partial charge in [0.1, 0.15) is 11.3 Å². The minimum atomic E-state index is -0.419. The van der Waals surface area contributed by atoms with Gasteiger partial charge >= 0.3 is 5.63 Å². The number of nitrogens with zero attached hydrogens (tertiary/aromatic N) is 1. The van der Waals surface area contributed by atoms with Crippen LogP contribution < -0.4 is 15.8 Å². The molecule has 3 rings (SSSR count). The first-order valence-corrected chi connectivity index (χ1v) is 9.50. The fourth-order valence-corrected chi connectivity index (χ4v) is 2.95. The molecule has 1 heterocycles. The lowest BCUT2D eigenvalue weighted by Crippen LogP contribution is -2.26. The number of aryl methyl sites for hydroxylation is 1. The van der Waals surface area contributed by atoms with Crippen LogP contribution in [0.3, 0.4) is 0 Å². The third kappa shape index (κ3) is 5.54. The average Bonchev–Trinajstić information content (AvgIpc) is 2.69. The lowest BCUT2D eigenvalue weighted by Gasteiger charge is -2.10. The molecule has 3 aromatic rings. The third-order valence-corrected chi connectivity index (χ3v) is 4.32. The van der Waals surface area contributed by atoms with Crippen molar-refractivity contribution in [3.05, 3.63) is 76.1 Å². The number of ether oxygens (including phenoxy) is 1. The summed E-state index contributed by atoms with van der Waals surface area (Å²) in [7, 11) is 0. The quantitative estimate of drug-likeness (QED) is 0.374. The lowest BCUT2D eigenvalue weighted by molar-refractivity contribution is -0.123. The molecule has 6 heteroatoms. The second-order valence-electron chi connectivity index (χ2n) is 7.25. The van der Waals surface area contributed by atoms with E-state index in [0.717, 1.165) is 28.6 Å². The van der Waals surface area contributed by atoms with E-state index in [9.17, 15) is 9.59 Å². The van der Waals surface area contributed by atoms with E-state index >= 15 is 0 Å². The Morgan fingerprint density at radius 2 is 1.90 bits per heavy atom. The second-order valence-corrected chi connectivity index (χ2v) is 7.25. The van der Waals surface area contributed by atoms with Gasteiger partial charge in [0.25, 0.3) is 5.91 Å². The molecule has 0 fully saturated rings. The van der Waals surface area contributed by atoms with Crippen molar-refractivity contribution >= 4 is 22.6 Å². The van der Waals surface area contributed by atoms with Gasteiger partial charge in [0.15, 0.2) is 6.61 Å². The molecule has 1 aromatic heterocycles. The van der Waals surface area contributed by atoms with Gasteiger partial charge in [-0.2, -0.15) is 5.10 Å². The van der Waals surface area contributed by atoms with Crippen molar-refractivity contribution in [3.8, 4) is 5.75 Å². The Labute approximate surface area is 169 Å². The molecule has 150 valence electrons. The van der Waals surface area contributed by atoms with E-state index in [-0.39, 0.29) is 12.5 Å². The average molecular weight is 392 g/mol. The van der Waals surface area contributed by atoms with Crippen LogP contribution in [0.1, 0.15) is 31.4 Å². The zero-order valence-electron chi connectivity index (χ0n) is 16.8. The smallest absolute Gasteiger partial charge is 0.336 e. The number of benzene rings is 2. The van der Waals surface area contributed by atoms with Crippen molar-refractivity contribution < 1.29 is 13.9 Å². The molecule has 0 saturated carbocycles. The Hall–Kier alpha value is -3.41. The number of hydrazone groups is 1. The molecule has 2 aromatic carbocycles. The molecule has 0 aliphatic carbocycles. The minimum Gasteiger partial charge on any atom is -0.484 e. The molecule has 0 saturated heterocycles. The zero-order valence-corrected chi connectivity index (χ0v) is 16.8. The highest BCUT2D eigenvalue weighted by Gasteiger charge is 2.09. The molecular weight excluding hydrogens is 368 g/mol. The first-order chi connectivity index (χ1) is 13.9. The third-order valence-electron chi connectivity index (χ3n) is 4.32. The summed E-state index contributed by atoms with van der Waals surface area (Å²) < 4.78 is 10.7. The van der Waals surface area contributed by atoms with Crippen LogP contribution >= 0.6 is 0 Å². The van der Waals surface area contributed by atoms with Crippen molar-refractivity contribution in [2.24, 2.45) is 11.0 Å². The van der Waals surface area contributed by atoms with Crippen molar-refractivity contribution in [2.75, 3.05) is 6.61 Å². The van der Waals surface area contributed by atoms with Crippen LogP contribution in [-0.4, -0.2) is 18.2 Å². The van der Waals surface area contributed by atoms with E-state index in [0.29, 0.717) is 17.3 Å². The highest BCUT2D eigenvalue weighted by Crippen LogP contribution is 2.22. The maximum absolute atomic E-state index is 12.2. The number of amides is 1. The molecule has 1 amide bonds. The van der Waals surface area contributed by atoms with Crippen molar-refractivity contribution in [3.63, 3.8) is 0 Å². The van der Waals surface area contributed by atoms with Crippen molar-refractivity contribution in [2.45, 2.75) is 27.2 Å². The summed E-state index contributed by atoms with van der Waals surface area (Å²) in [6.45, 7) is 5.84. The maximum atomic E-state index is 12.2. The predicted octanol–water partition coefficient (Wildman–Crippen LogP) is 4.05. The summed E-state index contributed by atoms with van der Waals surface area (Å²) in [6.07, 6.45) is 0.744. The van der Waals surface area contributed by atoms with E-state index in [1.54, 1.807) is 18.2 Å². The molecule has 0 unspecified atom stereocenters. The van der Waals surface area contributed by atoms with Gasteiger partial charge in [-0.25, -0.2) is 10.2 Å². The Balaban J connectivity index is 1.66. The first-order valence-electron chi connectivity index (χ1n) is 9.50. The molecule has 0 aliphatic rings. The van der Waals surface area contributed by atoms with Gasteiger partial charge < -0.3 is 9.15 Å². The lowest BCUT2D eigenvalue weighted by atomic mass is 10.0. The summed E-state index contributed by atoms with van der Waals surface area (Å²) in [5.41, 5.74) is 5.19. The zero-order chi connectivity index (χ0) is 20.8. The fraction of sp³-hybridized carbons (Fsp3) is 0.261. The van der Waals surface area contributed by atoms with Crippen LogP contribution in [0.25, 0.3) is 11.0 Å². The molecule has 0 aliphatic heterocycles. The van der Waals surface area contributed by atoms with Crippen LogP contribution in [0.5, 0.6) is 5.75 Å². The second kappa shape index (κ2) is 9.19. The SMILES string of the molecule is Cc1cc(=O)oc2cc(OCC(=O)N/N=C(/CC(C)C)c3ccccc3)ccc12. The van der Waals surface area contributed by atoms with Crippen LogP contribution in [0, 0.1) is 12.8 Å². The van der Waals surface area contributed by atoms with Gasteiger partial charge in [-0.05, 0) is 42.5 Å². The van der Waals surface area contributed by atoms with Gasteiger partial charge in [0.2, 0.25) is 0 Å².